The molecule has 1 N–H and O–H groups in total. The molecule has 0 spiro atoms. The monoisotopic (exact) mass is 309 g/mol. The second-order valence-corrected chi connectivity index (χ2v) is 4.73. The maximum absolute atomic E-state index is 13.5. The number of anilines is 1. The highest BCUT2D eigenvalue weighted by atomic mass is 79.9. The number of ether oxygens (including phenoxy) is 1. The average molecular weight is 310 g/mol. The van der Waals surface area contributed by atoms with E-state index in [0.717, 1.165) is 15.9 Å². The average Bonchev–Trinajstić information content (AvgIpc) is 2.40. The van der Waals surface area contributed by atoms with E-state index in [0.29, 0.717) is 12.1 Å². The summed E-state index contributed by atoms with van der Waals surface area (Å²) in [5.74, 6) is 0.591. The first-order valence-corrected chi connectivity index (χ1v) is 6.30. The Balaban J connectivity index is 2.04. The SMILES string of the molecule is COc1ccc(NCc2cc(Br)ccc2F)cc1. The maximum atomic E-state index is 13.5. The lowest BCUT2D eigenvalue weighted by atomic mass is 10.2. The Bertz CT molecular complexity index is 528. The molecule has 0 atom stereocenters. The molecule has 0 radical (unpaired) electrons. The first kappa shape index (κ1) is 12.9. The molecule has 0 unspecified atom stereocenters. The lowest BCUT2D eigenvalue weighted by Gasteiger charge is -2.08. The van der Waals surface area contributed by atoms with Crippen LogP contribution in [0.15, 0.2) is 46.9 Å². The molecule has 18 heavy (non-hydrogen) atoms. The molecular formula is C14H13BrFNO. The molecular weight excluding hydrogens is 297 g/mol. The maximum Gasteiger partial charge on any atom is 0.128 e. The van der Waals surface area contributed by atoms with Crippen LogP contribution in [0.25, 0.3) is 0 Å². The lowest BCUT2D eigenvalue weighted by Crippen LogP contribution is -2.01. The van der Waals surface area contributed by atoms with Gasteiger partial charge in [0.05, 0.1) is 7.11 Å². The molecule has 0 amide bonds. The van der Waals surface area contributed by atoms with Crippen LogP contribution in [0.2, 0.25) is 0 Å². The molecule has 4 heteroatoms. The molecule has 0 saturated heterocycles. The van der Waals surface area contributed by atoms with Crippen molar-refractivity contribution in [2.75, 3.05) is 12.4 Å². The summed E-state index contributed by atoms with van der Waals surface area (Å²) in [6.07, 6.45) is 0. The summed E-state index contributed by atoms with van der Waals surface area (Å²) >= 11 is 3.33. The predicted octanol–water partition coefficient (Wildman–Crippen LogP) is 4.21. The molecule has 0 aliphatic heterocycles. The molecule has 0 saturated carbocycles. The number of rotatable bonds is 4. The second kappa shape index (κ2) is 5.87. The fourth-order valence-electron chi connectivity index (χ4n) is 1.58. The number of nitrogens with one attached hydrogen (secondary N) is 1. The van der Waals surface area contributed by atoms with Crippen LogP contribution in [-0.2, 0) is 6.54 Å². The standard InChI is InChI=1S/C14H13BrFNO/c1-18-13-5-3-12(4-6-13)17-9-10-8-11(15)2-7-14(10)16/h2-8,17H,9H2,1H3. The lowest BCUT2D eigenvalue weighted by molar-refractivity contribution is 0.415. The smallest absolute Gasteiger partial charge is 0.128 e. The first-order valence-electron chi connectivity index (χ1n) is 5.51. The zero-order chi connectivity index (χ0) is 13.0. The van der Waals surface area contributed by atoms with E-state index in [9.17, 15) is 4.39 Å². The van der Waals surface area contributed by atoms with Crippen molar-refractivity contribution in [3.63, 3.8) is 0 Å². The van der Waals surface area contributed by atoms with Gasteiger partial charge in [-0.25, -0.2) is 4.39 Å². The second-order valence-electron chi connectivity index (χ2n) is 3.82. The van der Waals surface area contributed by atoms with Crippen molar-refractivity contribution in [2.24, 2.45) is 0 Å². The molecule has 0 aliphatic carbocycles. The van der Waals surface area contributed by atoms with Crippen LogP contribution in [-0.4, -0.2) is 7.11 Å². The van der Waals surface area contributed by atoms with E-state index in [1.54, 1.807) is 19.2 Å². The van der Waals surface area contributed by atoms with Crippen molar-refractivity contribution in [1.29, 1.82) is 0 Å². The molecule has 0 heterocycles. The topological polar surface area (TPSA) is 21.3 Å². The Morgan fingerprint density at radius 1 is 1.17 bits per heavy atom. The molecule has 2 rings (SSSR count). The Labute approximate surface area is 114 Å². The van der Waals surface area contributed by atoms with Crippen molar-refractivity contribution in [1.82, 2.24) is 0 Å². The van der Waals surface area contributed by atoms with Crippen molar-refractivity contribution >= 4 is 21.6 Å². The molecule has 2 nitrogen and oxygen atoms in total. The van der Waals surface area contributed by atoms with Crippen LogP contribution in [0.1, 0.15) is 5.56 Å². The van der Waals surface area contributed by atoms with Crippen LogP contribution < -0.4 is 10.1 Å². The van der Waals surface area contributed by atoms with Crippen LogP contribution in [0, 0.1) is 5.82 Å². The van der Waals surface area contributed by atoms with Crippen LogP contribution in [0.4, 0.5) is 10.1 Å². The van der Waals surface area contributed by atoms with E-state index in [2.05, 4.69) is 21.2 Å². The third-order valence-corrected chi connectivity index (χ3v) is 3.07. The Morgan fingerprint density at radius 2 is 1.89 bits per heavy atom. The quantitative estimate of drug-likeness (QED) is 0.913. The van der Waals surface area contributed by atoms with Gasteiger partial charge < -0.3 is 10.1 Å². The van der Waals surface area contributed by atoms with Gasteiger partial charge in [-0.1, -0.05) is 15.9 Å². The largest absolute Gasteiger partial charge is 0.497 e. The summed E-state index contributed by atoms with van der Waals surface area (Å²) in [5, 5.41) is 3.16. The van der Waals surface area contributed by atoms with Gasteiger partial charge in [-0.3, -0.25) is 0 Å². The number of methoxy groups -OCH3 is 1. The number of benzene rings is 2. The number of hydrogen-bond donors (Lipinski definition) is 1. The third kappa shape index (κ3) is 3.23. The van der Waals surface area contributed by atoms with Crippen molar-refractivity contribution in [3.05, 3.63) is 58.3 Å². The van der Waals surface area contributed by atoms with Gasteiger partial charge in [0.15, 0.2) is 0 Å². The molecule has 0 aromatic heterocycles. The van der Waals surface area contributed by atoms with E-state index in [-0.39, 0.29) is 5.82 Å². The van der Waals surface area contributed by atoms with Gasteiger partial charge in [0, 0.05) is 22.3 Å². The van der Waals surface area contributed by atoms with Crippen molar-refractivity contribution in [2.45, 2.75) is 6.54 Å². The Kier molecular flexibility index (Phi) is 4.20. The number of hydrogen-bond acceptors (Lipinski definition) is 2. The zero-order valence-electron chi connectivity index (χ0n) is 9.91. The van der Waals surface area contributed by atoms with Gasteiger partial charge in [0.25, 0.3) is 0 Å². The highest BCUT2D eigenvalue weighted by Gasteiger charge is 2.02. The van der Waals surface area contributed by atoms with Crippen molar-refractivity contribution < 1.29 is 9.13 Å². The fraction of sp³-hybridized carbons (Fsp3) is 0.143. The molecule has 2 aromatic rings. The summed E-state index contributed by atoms with van der Waals surface area (Å²) in [6.45, 7) is 0.442. The van der Waals surface area contributed by atoms with Gasteiger partial charge >= 0.3 is 0 Å². The van der Waals surface area contributed by atoms with E-state index in [1.165, 1.54) is 6.07 Å². The number of halogens is 2. The summed E-state index contributed by atoms with van der Waals surface area (Å²) in [7, 11) is 1.62. The van der Waals surface area contributed by atoms with Crippen LogP contribution in [0.3, 0.4) is 0 Å². The summed E-state index contributed by atoms with van der Waals surface area (Å²) in [4.78, 5) is 0. The third-order valence-electron chi connectivity index (χ3n) is 2.58. The van der Waals surface area contributed by atoms with E-state index >= 15 is 0 Å². The van der Waals surface area contributed by atoms with E-state index in [4.69, 9.17) is 4.74 Å². The summed E-state index contributed by atoms with van der Waals surface area (Å²) in [6, 6.07) is 12.4. The first-order chi connectivity index (χ1) is 8.69. The minimum atomic E-state index is -0.209. The van der Waals surface area contributed by atoms with Gasteiger partial charge in [-0.15, -0.1) is 0 Å². The zero-order valence-corrected chi connectivity index (χ0v) is 11.5. The highest BCUT2D eigenvalue weighted by Crippen LogP contribution is 2.19. The van der Waals surface area contributed by atoms with Crippen LogP contribution in [0.5, 0.6) is 5.75 Å². The van der Waals surface area contributed by atoms with E-state index in [1.807, 2.05) is 24.3 Å². The Hall–Kier alpha value is -1.55. The molecule has 0 bridgehead atoms. The molecule has 0 aliphatic rings. The van der Waals surface area contributed by atoms with E-state index < -0.39 is 0 Å². The molecule has 94 valence electrons. The fourth-order valence-corrected chi connectivity index (χ4v) is 1.99. The predicted molar refractivity (Wildman–Crippen MR) is 74.4 cm³/mol. The van der Waals surface area contributed by atoms with Gasteiger partial charge in [-0.2, -0.15) is 0 Å². The van der Waals surface area contributed by atoms with Gasteiger partial charge in [-0.05, 0) is 42.5 Å². The summed E-state index contributed by atoms with van der Waals surface area (Å²) in [5.41, 5.74) is 1.55. The summed E-state index contributed by atoms with van der Waals surface area (Å²) < 4.78 is 19.5. The highest BCUT2D eigenvalue weighted by molar-refractivity contribution is 9.10. The van der Waals surface area contributed by atoms with Gasteiger partial charge in [0.1, 0.15) is 11.6 Å². The Morgan fingerprint density at radius 3 is 2.56 bits per heavy atom. The van der Waals surface area contributed by atoms with Crippen molar-refractivity contribution in [3.8, 4) is 5.75 Å². The minimum Gasteiger partial charge on any atom is -0.497 e. The molecule has 0 fully saturated rings. The van der Waals surface area contributed by atoms with Crippen LogP contribution >= 0.6 is 15.9 Å². The molecule has 2 aromatic carbocycles. The normalized spacial score (nSPS) is 10.2. The van der Waals surface area contributed by atoms with Gasteiger partial charge in [0.2, 0.25) is 0 Å². The minimum absolute atomic E-state index is 0.209.